The van der Waals surface area contributed by atoms with E-state index in [1.54, 1.807) is 6.20 Å². The molecule has 0 fully saturated rings. The van der Waals surface area contributed by atoms with Crippen LogP contribution in [0.15, 0.2) is 60.8 Å². The summed E-state index contributed by atoms with van der Waals surface area (Å²) in [6.07, 6.45) is 3.97. The summed E-state index contributed by atoms with van der Waals surface area (Å²) in [5.41, 5.74) is 3.80. The molecule has 4 rings (SSSR count). The van der Waals surface area contributed by atoms with Crippen LogP contribution in [0.4, 0.5) is 17.5 Å². The number of aryl methyl sites for hydroxylation is 1. The van der Waals surface area contributed by atoms with Gasteiger partial charge in [-0.1, -0.05) is 48.5 Å². The molecule has 0 unspecified atom stereocenters. The van der Waals surface area contributed by atoms with Crippen LogP contribution in [0.5, 0.6) is 0 Å². The van der Waals surface area contributed by atoms with Crippen LogP contribution in [-0.4, -0.2) is 27.8 Å². The predicted molar refractivity (Wildman–Crippen MR) is 109 cm³/mol. The summed E-state index contributed by atoms with van der Waals surface area (Å²) in [5, 5.41) is 8.63. The van der Waals surface area contributed by atoms with Gasteiger partial charge in [-0.15, -0.1) is 5.10 Å². The van der Waals surface area contributed by atoms with E-state index in [1.807, 2.05) is 6.07 Å². The maximum atomic E-state index is 4.89. The topological polar surface area (TPSA) is 45.2 Å². The first kappa shape index (κ1) is 17.5. The van der Waals surface area contributed by atoms with Gasteiger partial charge >= 0.3 is 0 Å². The zero-order valence-corrected chi connectivity index (χ0v) is 15.9. The Balaban J connectivity index is 1.65. The third-order valence-corrected chi connectivity index (χ3v) is 5.00. The van der Waals surface area contributed by atoms with Crippen molar-refractivity contribution in [2.75, 3.05) is 16.3 Å². The van der Waals surface area contributed by atoms with Crippen LogP contribution in [-0.2, 0) is 13.0 Å². The maximum Gasteiger partial charge on any atom is 0.251 e. The van der Waals surface area contributed by atoms with Gasteiger partial charge in [-0.05, 0) is 43.9 Å². The van der Waals surface area contributed by atoms with Crippen molar-refractivity contribution in [2.45, 2.75) is 39.3 Å². The van der Waals surface area contributed by atoms with Gasteiger partial charge in [0.05, 0.1) is 6.20 Å². The van der Waals surface area contributed by atoms with E-state index in [2.05, 4.69) is 82.4 Å². The summed E-state index contributed by atoms with van der Waals surface area (Å²) < 4.78 is 0. The molecule has 2 aromatic carbocycles. The number of hydrogen-bond acceptors (Lipinski definition) is 5. The highest BCUT2D eigenvalue weighted by Crippen LogP contribution is 2.31. The van der Waals surface area contributed by atoms with Crippen molar-refractivity contribution in [2.24, 2.45) is 0 Å². The number of anilines is 3. The third kappa shape index (κ3) is 3.77. The molecular formula is C22H25N5. The minimum Gasteiger partial charge on any atom is -0.348 e. The molecular weight excluding hydrogens is 334 g/mol. The molecule has 0 amide bonds. The maximum absolute atomic E-state index is 4.89. The summed E-state index contributed by atoms with van der Waals surface area (Å²) in [6.45, 7) is 6.08. The van der Waals surface area contributed by atoms with Gasteiger partial charge in [-0.25, -0.2) is 0 Å². The summed E-state index contributed by atoms with van der Waals surface area (Å²) in [5.74, 6) is 1.54. The molecule has 1 aliphatic rings. The molecule has 0 bridgehead atoms. The van der Waals surface area contributed by atoms with Crippen LogP contribution in [0.1, 0.15) is 31.4 Å². The normalized spacial score (nSPS) is 13.5. The Kier molecular flexibility index (Phi) is 5.01. The molecule has 27 heavy (non-hydrogen) atoms. The second-order valence-corrected chi connectivity index (χ2v) is 7.21. The minimum absolute atomic E-state index is 0.309. The highest BCUT2D eigenvalue weighted by molar-refractivity contribution is 5.63. The molecule has 0 radical (unpaired) electrons. The second-order valence-electron chi connectivity index (χ2n) is 7.21. The van der Waals surface area contributed by atoms with E-state index in [4.69, 9.17) is 4.98 Å². The molecule has 2 heterocycles. The van der Waals surface area contributed by atoms with Crippen LogP contribution in [0, 0.1) is 0 Å². The molecule has 0 aliphatic carbocycles. The number of aromatic nitrogens is 3. The number of hydrogen-bond donors (Lipinski definition) is 0. The smallest absolute Gasteiger partial charge is 0.251 e. The summed E-state index contributed by atoms with van der Waals surface area (Å²) >= 11 is 0. The lowest BCUT2D eigenvalue weighted by atomic mass is 10.0. The van der Waals surface area contributed by atoms with E-state index in [-0.39, 0.29) is 0 Å². The lowest BCUT2D eigenvalue weighted by Crippen LogP contribution is -2.32. The Morgan fingerprint density at radius 2 is 1.81 bits per heavy atom. The lowest BCUT2D eigenvalue weighted by molar-refractivity contribution is 0.663. The Morgan fingerprint density at radius 3 is 2.63 bits per heavy atom. The fraction of sp³-hybridized carbons (Fsp3) is 0.318. The van der Waals surface area contributed by atoms with E-state index in [0.29, 0.717) is 12.0 Å². The summed E-state index contributed by atoms with van der Waals surface area (Å²) in [6, 6.07) is 19.3. The van der Waals surface area contributed by atoms with Crippen LogP contribution in [0.25, 0.3) is 0 Å². The van der Waals surface area contributed by atoms with E-state index >= 15 is 0 Å². The number of nitrogens with zero attached hydrogens (tertiary/aromatic N) is 5. The fourth-order valence-corrected chi connectivity index (χ4v) is 3.59. The molecule has 1 aromatic heterocycles. The second kappa shape index (κ2) is 7.74. The molecule has 1 aliphatic heterocycles. The molecule has 5 nitrogen and oxygen atoms in total. The predicted octanol–water partition coefficient (Wildman–Crippen LogP) is 4.37. The standard InChI is InChI=1S/C22H25N5/c1-17(2)27(16-18-9-4-3-5-10-18)21-15-23-25-22(24-21)26-14-8-12-19-11-6-7-13-20(19)26/h3-7,9-11,13,15,17H,8,12,14,16H2,1-2H3. The lowest BCUT2D eigenvalue weighted by Gasteiger charge is -2.31. The quantitative estimate of drug-likeness (QED) is 0.677. The van der Waals surface area contributed by atoms with Crippen molar-refractivity contribution >= 4 is 17.5 Å². The van der Waals surface area contributed by atoms with E-state index in [0.717, 1.165) is 31.7 Å². The van der Waals surface area contributed by atoms with Crippen molar-refractivity contribution in [3.05, 3.63) is 71.9 Å². The fourth-order valence-electron chi connectivity index (χ4n) is 3.59. The van der Waals surface area contributed by atoms with Gasteiger partial charge in [0.2, 0.25) is 0 Å². The van der Waals surface area contributed by atoms with Gasteiger partial charge in [0.1, 0.15) is 0 Å². The average molecular weight is 359 g/mol. The minimum atomic E-state index is 0.309. The SMILES string of the molecule is CC(C)N(Cc1ccccc1)c1cnnc(N2CCCc3ccccc32)n1. The van der Waals surface area contributed by atoms with Gasteiger partial charge in [-0.2, -0.15) is 10.1 Å². The van der Waals surface area contributed by atoms with Crippen LogP contribution in [0.2, 0.25) is 0 Å². The van der Waals surface area contributed by atoms with Gasteiger partial charge < -0.3 is 9.80 Å². The van der Waals surface area contributed by atoms with Crippen molar-refractivity contribution in [1.82, 2.24) is 15.2 Å². The highest BCUT2D eigenvalue weighted by Gasteiger charge is 2.22. The number of benzene rings is 2. The number of rotatable bonds is 5. The van der Waals surface area contributed by atoms with Gasteiger partial charge in [-0.3, -0.25) is 0 Å². The molecule has 5 heteroatoms. The molecule has 0 saturated heterocycles. The first-order chi connectivity index (χ1) is 13.2. The van der Waals surface area contributed by atoms with Crippen LogP contribution < -0.4 is 9.80 Å². The van der Waals surface area contributed by atoms with Gasteiger partial charge in [0.15, 0.2) is 5.82 Å². The largest absolute Gasteiger partial charge is 0.348 e. The van der Waals surface area contributed by atoms with Crippen LogP contribution >= 0.6 is 0 Å². The van der Waals surface area contributed by atoms with Crippen molar-refractivity contribution < 1.29 is 0 Å². The highest BCUT2D eigenvalue weighted by atomic mass is 15.4. The first-order valence-corrected chi connectivity index (χ1v) is 9.58. The zero-order valence-electron chi connectivity index (χ0n) is 15.9. The molecule has 0 atom stereocenters. The Morgan fingerprint density at radius 1 is 1.04 bits per heavy atom. The molecule has 0 saturated carbocycles. The van der Waals surface area contributed by atoms with Gasteiger partial charge in [0.25, 0.3) is 5.95 Å². The third-order valence-electron chi connectivity index (χ3n) is 5.00. The van der Waals surface area contributed by atoms with Crippen molar-refractivity contribution in [3.63, 3.8) is 0 Å². The first-order valence-electron chi connectivity index (χ1n) is 9.58. The molecule has 138 valence electrons. The monoisotopic (exact) mass is 359 g/mol. The Hall–Kier alpha value is -2.95. The van der Waals surface area contributed by atoms with Gasteiger partial charge in [0, 0.05) is 24.8 Å². The Labute approximate surface area is 160 Å². The average Bonchev–Trinajstić information content (AvgIpc) is 2.72. The van der Waals surface area contributed by atoms with E-state index in [9.17, 15) is 0 Å². The number of fused-ring (bicyclic) bond motifs is 1. The molecule has 3 aromatic rings. The summed E-state index contributed by atoms with van der Waals surface area (Å²) in [4.78, 5) is 9.35. The number of para-hydroxylation sites is 1. The van der Waals surface area contributed by atoms with E-state index in [1.165, 1.54) is 16.8 Å². The zero-order chi connectivity index (χ0) is 18.6. The van der Waals surface area contributed by atoms with E-state index < -0.39 is 0 Å². The van der Waals surface area contributed by atoms with Crippen molar-refractivity contribution in [3.8, 4) is 0 Å². The van der Waals surface area contributed by atoms with Crippen LogP contribution in [0.3, 0.4) is 0 Å². The molecule has 0 N–H and O–H groups in total. The van der Waals surface area contributed by atoms with Crippen molar-refractivity contribution in [1.29, 1.82) is 0 Å². The Bertz CT molecular complexity index is 894. The molecule has 0 spiro atoms. The summed E-state index contributed by atoms with van der Waals surface area (Å²) in [7, 11) is 0.